The van der Waals surface area contributed by atoms with Gasteiger partial charge < -0.3 is 29.5 Å². The summed E-state index contributed by atoms with van der Waals surface area (Å²) < 4.78 is 13.9. The number of benzene rings is 2. The van der Waals surface area contributed by atoms with Crippen LogP contribution in [0.4, 0.5) is 28.7 Å². The van der Waals surface area contributed by atoms with Gasteiger partial charge in [-0.1, -0.05) is 18.7 Å². The summed E-state index contributed by atoms with van der Waals surface area (Å²) in [4.78, 5) is 42.3. The van der Waals surface area contributed by atoms with Gasteiger partial charge in [0.15, 0.2) is 0 Å². The minimum absolute atomic E-state index is 0.134. The molecule has 0 aliphatic carbocycles. The van der Waals surface area contributed by atoms with E-state index >= 15 is 0 Å². The van der Waals surface area contributed by atoms with Crippen LogP contribution >= 0.6 is 0 Å². The maximum absolute atomic E-state index is 14.3. The normalized spacial score (nSPS) is 14.8. The van der Waals surface area contributed by atoms with Crippen molar-refractivity contribution in [1.29, 1.82) is 0 Å². The molecule has 2 aliphatic heterocycles. The number of nitrogens with zero attached hydrogens (tertiary/aromatic N) is 6. The van der Waals surface area contributed by atoms with Crippen LogP contribution < -0.4 is 30.1 Å². The summed E-state index contributed by atoms with van der Waals surface area (Å²) in [7, 11) is 4.01. The molecule has 0 spiro atoms. The summed E-state index contributed by atoms with van der Waals surface area (Å²) in [5.74, 6) is 1.61. The van der Waals surface area contributed by atoms with Crippen LogP contribution in [0.15, 0.2) is 66.1 Å². The molecule has 6 rings (SSSR count). The molecule has 2 aromatic heterocycles. The van der Waals surface area contributed by atoms with E-state index in [1.54, 1.807) is 15.7 Å². The highest BCUT2D eigenvalue weighted by molar-refractivity contribution is 6.05. The first-order valence-corrected chi connectivity index (χ1v) is 15.4. The Balaban J connectivity index is 1.40. The van der Waals surface area contributed by atoms with Gasteiger partial charge in [-0.3, -0.25) is 14.2 Å². The lowest BCUT2D eigenvalue weighted by atomic mass is 10.1. The summed E-state index contributed by atoms with van der Waals surface area (Å²) in [6, 6.07) is 13.4. The van der Waals surface area contributed by atoms with Gasteiger partial charge in [-0.2, -0.15) is 4.98 Å². The molecule has 0 atom stereocenters. The summed E-state index contributed by atoms with van der Waals surface area (Å²) in [6.07, 6.45) is 5.58. The fourth-order valence-electron chi connectivity index (χ4n) is 5.85. The number of aromatic nitrogens is 3. The average Bonchev–Trinajstić information content (AvgIpc) is 3.02. The molecular weight excluding hydrogens is 570 g/mol. The van der Waals surface area contributed by atoms with Gasteiger partial charge in [0.05, 0.1) is 18.0 Å². The highest BCUT2D eigenvalue weighted by Gasteiger charge is 2.30. The topological polar surface area (TPSA) is 105 Å². The van der Waals surface area contributed by atoms with Gasteiger partial charge in [0.25, 0.3) is 11.5 Å². The third kappa shape index (κ3) is 6.34. The molecule has 0 saturated heterocycles. The van der Waals surface area contributed by atoms with Gasteiger partial charge in [0.2, 0.25) is 5.95 Å². The van der Waals surface area contributed by atoms with E-state index in [0.29, 0.717) is 61.6 Å². The van der Waals surface area contributed by atoms with Crippen molar-refractivity contribution >= 4 is 45.6 Å². The number of amides is 1. The highest BCUT2D eigenvalue weighted by atomic mass is 16.5. The van der Waals surface area contributed by atoms with Crippen LogP contribution in [0.5, 0.6) is 11.5 Å². The number of likely N-dealkylation sites (N-methyl/N-ethyl adjacent to an activating group) is 1. The zero-order valence-corrected chi connectivity index (χ0v) is 26.1. The minimum atomic E-state index is -0.163. The molecule has 0 unspecified atom stereocenters. The third-order valence-corrected chi connectivity index (χ3v) is 8.10. The SMILES string of the molecule is C=CC(=O)N1CCN(c2cc3cnc4nc3n(c2=O)CCCCCOc2cc(cc(OCCN(C)C)c2)N4)c2cccc(C)c21. The number of rotatable bonds is 6. The van der Waals surface area contributed by atoms with Crippen LogP contribution in [0.2, 0.25) is 0 Å². The molecule has 4 aromatic rings. The first-order valence-electron chi connectivity index (χ1n) is 15.4. The molecular formula is C34H39N7O4. The third-order valence-electron chi connectivity index (χ3n) is 8.10. The molecule has 1 amide bonds. The second kappa shape index (κ2) is 13.0. The Kier molecular flexibility index (Phi) is 8.70. The number of para-hydroxylation sites is 1. The summed E-state index contributed by atoms with van der Waals surface area (Å²) in [6.45, 7) is 8.93. The summed E-state index contributed by atoms with van der Waals surface area (Å²) >= 11 is 0. The number of pyridine rings is 1. The number of ether oxygens (including phenoxy) is 2. The van der Waals surface area contributed by atoms with Crippen LogP contribution in [0.25, 0.3) is 11.0 Å². The van der Waals surface area contributed by atoms with E-state index < -0.39 is 0 Å². The smallest absolute Gasteiger partial charge is 0.276 e. The van der Waals surface area contributed by atoms with E-state index in [1.165, 1.54) is 6.08 Å². The molecule has 11 heteroatoms. The van der Waals surface area contributed by atoms with E-state index in [9.17, 15) is 9.59 Å². The Labute approximate surface area is 262 Å². The molecule has 0 fully saturated rings. The predicted molar refractivity (Wildman–Crippen MR) is 178 cm³/mol. The van der Waals surface area contributed by atoms with Gasteiger partial charge in [-0.25, -0.2) is 4.98 Å². The molecule has 45 heavy (non-hydrogen) atoms. The van der Waals surface area contributed by atoms with Crippen LogP contribution in [0, 0.1) is 6.92 Å². The van der Waals surface area contributed by atoms with Crippen molar-refractivity contribution in [2.24, 2.45) is 0 Å². The predicted octanol–water partition coefficient (Wildman–Crippen LogP) is 5.02. The Bertz CT molecular complexity index is 1800. The van der Waals surface area contributed by atoms with Crippen molar-refractivity contribution in [3.63, 3.8) is 0 Å². The van der Waals surface area contributed by atoms with Gasteiger partial charge in [0, 0.05) is 61.6 Å². The second-order valence-electron chi connectivity index (χ2n) is 11.6. The van der Waals surface area contributed by atoms with E-state index in [-0.39, 0.29) is 11.5 Å². The quantitative estimate of drug-likeness (QED) is 0.302. The van der Waals surface area contributed by atoms with Crippen molar-refractivity contribution in [3.8, 4) is 11.5 Å². The molecule has 0 saturated carbocycles. The minimum Gasteiger partial charge on any atom is -0.493 e. The van der Waals surface area contributed by atoms with Crippen molar-refractivity contribution < 1.29 is 14.3 Å². The Hall–Kier alpha value is -4.90. The number of carbonyl (C=O) groups excluding carboxylic acids is 1. The van der Waals surface area contributed by atoms with E-state index in [0.717, 1.165) is 53.8 Å². The van der Waals surface area contributed by atoms with Crippen molar-refractivity contribution in [2.75, 3.05) is 62.1 Å². The Morgan fingerprint density at radius 1 is 1.11 bits per heavy atom. The van der Waals surface area contributed by atoms with Crippen molar-refractivity contribution in [3.05, 3.63) is 77.2 Å². The Morgan fingerprint density at radius 2 is 1.98 bits per heavy atom. The van der Waals surface area contributed by atoms with Crippen LogP contribution in [0.3, 0.4) is 0 Å². The number of fused-ring (bicyclic) bond motifs is 4. The zero-order valence-electron chi connectivity index (χ0n) is 26.1. The first-order chi connectivity index (χ1) is 21.8. The van der Waals surface area contributed by atoms with Crippen LogP contribution in [-0.2, 0) is 11.3 Å². The number of nitrogens with one attached hydrogen (secondary N) is 1. The molecule has 4 heterocycles. The number of carbonyl (C=O) groups is 1. The molecule has 4 bridgehead atoms. The lowest BCUT2D eigenvalue weighted by molar-refractivity contribution is -0.114. The molecule has 11 nitrogen and oxygen atoms in total. The number of hydrogen-bond acceptors (Lipinski definition) is 9. The second-order valence-corrected chi connectivity index (χ2v) is 11.6. The molecule has 2 aliphatic rings. The maximum Gasteiger partial charge on any atom is 0.276 e. The lowest BCUT2D eigenvalue weighted by Crippen LogP contribution is -2.44. The van der Waals surface area contributed by atoms with Gasteiger partial charge in [-0.05, 0) is 64.1 Å². The van der Waals surface area contributed by atoms with Gasteiger partial charge in [-0.15, -0.1) is 0 Å². The molecule has 1 N–H and O–H groups in total. The largest absolute Gasteiger partial charge is 0.493 e. The maximum atomic E-state index is 14.3. The molecule has 2 aromatic carbocycles. The summed E-state index contributed by atoms with van der Waals surface area (Å²) in [5.41, 5.74) is 4.24. The Morgan fingerprint density at radius 3 is 2.80 bits per heavy atom. The highest BCUT2D eigenvalue weighted by Crippen LogP contribution is 2.39. The van der Waals surface area contributed by atoms with E-state index in [4.69, 9.17) is 14.5 Å². The van der Waals surface area contributed by atoms with E-state index in [1.807, 2.05) is 68.4 Å². The van der Waals surface area contributed by atoms with Crippen molar-refractivity contribution in [1.82, 2.24) is 19.4 Å². The first kappa shape index (κ1) is 30.1. The zero-order chi connectivity index (χ0) is 31.5. The van der Waals surface area contributed by atoms with Gasteiger partial charge >= 0.3 is 0 Å². The molecule has 0 radical (unpaired) electrons. The van der Waals surface area contributed by atoms with Crippen LogP contribution in [-0.4, -0.2) is 72.3 Å². The number of aryl methyl sites for hydroxylation is 2. The monoisotopic (exact) mass is 609 g/mol. The van der Waals surface area contributed by atoms with E-state index in [2.05, 4.69) is 21.8 Å². The fraction of sp³-hybridized carbons (Fsp3) is 0.353. The standard InChI is InChI=1S/C34H39N7O4/c1-5-30(42)40-14-13-39(28-11-9-10-23(2)31(28)40)29-18-24-22-35-34-36-25-19-26(21-27(20-25)45-17-15-38(3)4)44-16-8-6-7-12-41(33(29)43)32(24)37-34/h5,9-11,18-22H,1,6-8,12-17H2,2-4H3,(H,35,36,37). The molecule has 234 valence electrons. The lowest BCUT2D eigenvalue weighted by Gasteiger charge is -2.38. The number of hydrogen-bond donors (Lipinski definition) is 1. The van der Waals surface area contributed by atoms with Crippen LogP contribution in [0.1, 0.15) is 24.8 Å². The van der Waals surface area contributed by atoms with Crippen molar-refractivity contribution in [2.45, 2.75) is 32.7 Å². The summed E-state index contributed by atoms with van der Waals surface area (Å²) in [5, 5.41) is 4.05. The number of anilines is 5. The fourth-order valence-corrected chi connectivity index (χ4v) is 5.85. The van der Waals surface area contributed by atoms with Gasteiger partial charge in [0.1, 0.15) is 29.4 Å². The average molecular weight is 610 g/mol.